The lowest BCUT2D eigenvalue weighted by molar-refractivity contribution is 0.951. The number of thioether (sulfide) groups is 1. The highest BCUT2D eigenvalue weighted by Crippen LogP contribution is 2.27. The predicted molar refractivity (Wildman–Crippen MR) is 59.6 cm³/mol. The monoisotopic (exact) mass is 190 g/mol. The van der Waals surface area contributed by atoms with Gasteiger partial charge in [-0.15, -0.1) is 11.8 Å². The molecule has 11 heavy (non-hydrogen) atoms. The lowest BCUT2D eigenvalue weighted by Crippen LogP contribution is -1.97. The van der Waals surface area contributed by atoms with Crippen LogP contribution in [0.4, 0.5) is 0 Å². The molecule has 0 saturated heterocycles. The van der Waals surface area contributed by atoms with Gasteiger partial charge in [0.15, 0.2) is 0 Å². The van der Waals surface area contributed by atoms with Gasteiger partial charge in [-0.3, -0.25) is 0 Å². The first-order valence-electron chi connectivity index (χ1n) is 4.11. The van der Waals surface area contributed by atoms with Crippen molar-refractivity contribution in [2.45, 2.75) is 38.9 Å². The summed E-state index contributed by atoms with van der Waals surface area (Å²) >= 11 is 6.28. The van der Waals surface area contributed by atoms with Crippen LogP contribution in [0.1, 0.15) is 33.6 Å². The molecule has 0 aliphatic carbocycles. The van der Waals surface area contributed by atoms with Gasteiger partial charge in [-0.1, -0.05) is 19.4 Å². The molecule has 0 aromatic rings. The third-order valence-electron chi connectivity index (χ3n) is 1.80. The lowest BCUT2D eigenvalue weighted by atomic mass is 10.1. The molecule has 2 heteroatoms. The van der Waals surface area contributed by atoms with Crippen LogP contribution in [0.25, 0.3) is 0 Å². The summed E-state index contributed by atoms with van der Waals surface area (Å²) in [5.41, 5.74) is 1.56. The fraction of sp³-hybridized carbons (Fsp3) is 0.778. The minimum atomic E-state index is 0.403. The van der Waals surface area contributed by atoms with E-state index in [2.05, 4.69) is 39.7 Å². The molecule has 1 unspecified atom stereocenters. The number of hydrogen-bond acceptors (Lipinski definition) is 2. The summed E-state index contributed by atoms with van der Waals surface area (Å²) in [6.45, 7) is 6.57. The molecule has 0 nitrogen and oxygen atoms in total. The summed E-state index contributed by atoms with van der Waals surface area (Å²) < 4.78 is 0. The Hall–Kier alpha value is 0.440. The van der Waals surface area contributed by atoms with Gasteiger partial charge < -0.3 is 0 Å². The van der Waals surface area contributed by atoms with E-state index in [0.717, 1.165) is 12.8 Å². The van der Waals surface area contributed by atoms with Gasteiger partial charge in [0.25, 0.3) is 0 Å². The smallest absolute Gasteiger partial charge is 0.0298 e. The molecule has 0 bridgehead atoms. The Kier molecular flexibility index (Phi) is 6.25. The molecule has 0 aliphatic rings. The van der Waals surface area contributed by atoms with Crippen molar-refractivity contribution in [3.05, 3.63) is 10.5 Å². The van der Waals surface area contributed by atoms with Gasteiger partial charge in [0.2, 0.25) is 0 Å². The van der Waals surface area contributed by atoms with Crippen molar-refractivity contribution in [2.75, 3.05) is 6.26 Å². The van der Waals surface area contributed by atoms with E-state index in [1.807, 2.05) is 11.8 Å². The molecule has 0 aromatic carbocycles. The second-order valence-corrected chi connectivity index (χ2v) is 4.18. The van der Waals surface area contributed by atoms with Crippen LogP contribution in [0.3, 0.4) is 0 Å². The van der Waals surface area contributed by atoms with E-state index in [4.69, 9.17) is 0 Å². The van der Waals surface area contributed by atoms with Gasteiger partial charge in [-0.05, 0) is 30.9 Å². The summed E-state index contributed by atoms with van der Waals surface area (Å²) in [4.78, 5) is 1.46. The molecule has 0 amide bonds. The Balaban J connectivity index is 4.48. The summed E-state index contributed by atoms with van der Waals surface area (Å²) in [6, 6.07) is 0. The van der Waals surface area contributed by atoms with Crippen molar-refractivity contribution in [2.24, 2.45) is 0 Å². The van der Waals surface area contributed by atoms with Crippen molar-refractivity contribution in [3.63, 3.8) is 0 Å². The molecule has 66 valence electrons. The second kappa shape index (κ2) is 6.01. The average Bonchev–Trinajstić information content (AvgIpc) is 1.99. The van der Waals surface area contributed by atoms with E-state index < -0.39 is 0 Å². The van der Waals surface area contributed by atoms with Crippen LogP contribution in [-0.2, 0) is 0 Å². The summed E-state index contributed by atoms with van der Waals surface area (Å²) in [6.07, 6.45) is 4.46. The van der Waals surface area contributed by atoms with E-state index >= 15 is 0 Å². The molecule has 1 atom stereocenters. The lowest BCUT2D eigenvalue weighted by Gasteiger charge is -2.13. The third-order valence-corrected chi connectivity index (χ3v) is 3.32. The zero-order chi connectivity index (χ0) is 8.85. The maximum absolute atomic E-state index is 4.44. The molecular formula is C9H18S2. The summed E-state index contributed by atoms with van der Waals surface area (Å²) in [5, 5.41) is 0.403. The Labute approximate surface area is 80.2 Å². The van der Waals surface area contributed by atoms with Crippen LogP contribution in [-0.4, -0.2) is 11.5 Å². The third kappa shape index (κ3) is 3.57. The quantitative estimate of drug-likeness (QED) is 0.659. The van der Waals surface area contributed by atoms with E-state index in [1.165, 1.54) is 4.91 Å². The summed E-state index contributed by atoms with van der Waals surface area (Å²) in [5.74, 6) is 0. The van der Waals surface area contributed by atoms with Crippen LogP contribution in [0, 0.1) is 0 Å². The number of hydrogen-bond donors (Lipinski definition) is 1. The van der Waals surface area contributed by atoms with E-state index in [0.29, 0.717) is 5.25 Å². The zero-order valence-corrected chi connectivity index (χ0v) is 9.56. The van der Waals surface area contributed by atoms with Gasteiger partial charge in [0, 0.05) is 5.25 Å². The van der Waals surface area contributed by atoms with Crippen LogP contribution >= 0.6 is 24.4 Å². The molecule has 0 heterocycles. The van der Waals surface area contributed by atoms with Crippen LogP contribution in [0.5, 0.6) is 0 Å². The highest BCUT2D eigenvalue weighted by Gasteiger charge is 2.06. The van der Waals surface area contributed by atoms with Crippen molar-refractivity contribution in [3.8, 4) is 0 Å². The first-order chi connectivity index (χ1) is 5.17. The highest BCUT2D eigenvalue weighted by molar-refractivity contribution is 8.03. The topological polar surface area (TPSA) is 0 Å². The Morgan fingerprint density at radius 3 is 1.91 bits per heavy atom. The molecule has 0 radical (unpaired) electrons. The molecule has 0 N–H and O–H groups in total. The van der Waals surface area contributed by atoms with Gasteiger partial charge in [-0.2, -0.15) is 12.6 Å². The normalized spacial score (nSPS) is 12.8. The minimum Gasteiger partial charge on any atom is -0.171 e. The van der Waals surface area contributed by atoms with Crippen molar-refractivity contribution >= 4 is 24.4 Å². The van der Waals surface area contributed by atoms with Gasteiger partial charge >= 0.3 is 0 Å². The molecular weight excluding hydrogens is 172 g/mol. The van der Waals surface area contributed by atoms with E-state index in [-0.39, 0.29) is 0 Å². The first-order valence-corrected chi connectivity index (χ1v) is 5.85. The molecule has 0 aromatic heterocycles. The zero-order valence-electron chi connectivity index (χ0n) is 7.85. The van der Waals surface area contributed by atoms with Crippen LogP contribution in [0.15, 0.2) is 10.5 Å². The van der Waals surface area contributed by atoms with E-state index in [9.17, 15) is 0 Å². The van der Waals surface area contributed by atoms with Gasteiger partial charge in [0.05, 0.1) is 0 Å². The molecule has 0 saturated carbocycles. The first kappa shape index (κ1) is 11.4. The SMILES string of the molecule is CCC(CC)=C(SC)C(C)S. The van der Waals surface area contributed by atoms with Gasteiger partial charge in [0.1, 0.15) is 0 Å². The number of rotatable bonds is 4. The second-order valence-electron chi connectivity index (χ2n) is 2.56. The van der Waals surface area contributed by atoms with E-state index in [1.54, 1.807) is 5.57 Å². The standard InChI is InChI=1S/C9H18S2/c1-5-8(6-2)9(11-4)7(3)10/h7,10H,5-6H2,1-4H3. The minimum absolute atomic E-state index is 0.403. The van der Waals surface area contributed by atoms with Crippen molar-refractivity contribution < 1.29 is 0 Å². The van der Waals surface area contributed by atoms with Crippen LogP contribution < -0.4 is 0 Å². The molecule has 0 rings (SSSR count). The fourth-order valence-electron chi connectivity index (χ4n) is 1.21. The molecule has 0 spiro atoms. The Morgan fingerprint density at radius 1 is 1.36 bits per heavy atom. The van der Waals surface area contributed by atoms with Crippen molar-refractivity contribution in [1.29, 1.82) is 0 Å². The Morgan fingerprint density at radius 2 is 1.82 bits per heavy atom. The van der Waals surface area contributed by atoms with Crippen molar-refractivity contribution in [1.82, 2.24) is 0 Å². The maximum Gasteiger partial charge on any atom is 0.0298 e. The van der Waals surface area contributed by atoms with Crippen LogP contribution in [0.2, 0.25) is 0 Å². The number of thiol groups is 1. The highest BCUT2D eigenvalue weighted by atomic mass is 32.2. The van der Waals surface area contributed by atoms with Gasteiger partial charge in [-0.25, -0.2) is 0 Å². The number of allylic oxidation sites excluding steroid dienone is 1. The fourth-order valence-corrected chi connectivity index (χ4v) is 2.63. The molecule has 0 aliphatic heterocycles. The molecule has 0 fully saturated rings. The summed E-state index contributed by atoms with van der Waals surface area (Å²) in [7, 11) is 0. The Bertz CT molecular complexity index is 130. The maximum atomic E-state index is 4.44. The predicted octanol–water partition coefficient (Wildman–Crippen LogP) is 3.74. The largest absolute Gasteiger partial charge is 0.171 e. The average molecular weight is 190 g/mol.